The van der Waals surface area contributed by atoms with Crippen LogP contribution in [0, 0.1) is 0 Å². The highest BCUT2D eigenvalue weighted by Gasteiger charge is 1.93. The third kappa shape index (κ3) is 5.29. The molecule has 0 spiro atoms. The van der Waals surface area contributed by atoms with Gasteiger partial charge in [-0.15, -0.1) is 0 Å². The quantitative estimate of drug-likeness (QED) is 0.588. The Morgan fingerprint density at radius 2 is 2.38 bits per heavy atom. The highest BCUT2D eigenvalue weighted by Crippen LogP contribution is 1.98. The average molecular weight is 218 g/mol. The molecule has 0 unspecified atom stereocenters. The first-order chi connectivity index (χ1) is 7.83. The van der Waals surface area contributed by atoms with E-state index in [1.807, 2.05) is 12.1 Å². The maximum atomic E-state index is 11.4. The Hall–Kier alpha value is -1.64. The fourth-order valence-corrected chi connectivity index (χ4v) is 1.29. The lowest BCUT2D eigenvalue weighted by atomic mass is 10.2. The van der Waals surface area contributed by atoms with Gasteiger partial charge in [0.25, 0.3) is 0 Å². The molecule has 0 bridgehead atoms. The summed E-state index contributed by atoms with van der Waals surface area (Å²) in [4.78, 5) is 15.3. The van der Waals surface area contributed by atoms with Crippen molar-refractivity contribution < 1.29 is 4.79 Å². The van der Waals surface area contributed by atoms with Gasteiger partial charge in [-0.05, 0) is 24.1 Å². The molecule has 1 N–H and O–H groups in total. The number of amides is 1. The van der Waals surface area contributed by atoms with Gasteiger partial charge >= 0.3 is 0 Å². The van der Waals surface area contributed by atoms with Crippen LogP contribution in [0.5, 0.6) is 0 Å². The minimum absolute atomic E-state index is 0.0417. The van der Waals surface area contributed by atoms with E-state index in [-0.39, 0.29) is 5.91 Å². The molecule has 1 aromatic rings. The molecule has 0 aliphatic carbocycles. The van der Waals surface area contributed by atoms with Gasteiger partial charge in [0.15, 0.2) is 0 Å². The van der Waals surface area contributed by atoms with E-state index in [2.05, 4.69) is 17.2 Å². The molecule has 0 radical (unpaired) electrons. The van der Waals surface area contributed by atoms with Gasteiger partial charge < -0.3 is 5.32 Å². The number of carbonyl (C=O) groups excluding carboxylic acids is 1. The molecule has 1 amide bonds. The van der Waals surface area contributed by atoms with Crippen LogP contribution >= 0.6 is 0 Å². The van der Waals surface area contributed by atoms with E-state index >= 15 is 0 Å². The van der Waals surface area contributed by atoms with Crippen LogP contribution in [0.1, 0.15) is 31.7 Å². The van der Waals surface area contributed by atoms with Crippen molar-refractivity contribution in [3.05, 3.63) is 36.2 Å². The fourth-order valence-electron chi connectivity index (χ4n) is 1.29. The summed E-state index contributed by atoms with van der Waals surface area (Å²) in [6.07, 6.45) is 10.1. The zero-order chi connectivity index (χ0) is 11.6. The van der Waals surface area contributed by atoms with Crippen molar-refractivity contribution in [1.29, 1.82) is 0 Å². The monoisotopic (exact) mass is 218 g/mol. The van der Waals surface area contributed by atoms with Crippen molar-refractivity contribution >= 4 is 12.0 Å². The summed E-state index contributed by atoms with van der Waals surface area (Å²) in [5.74, 6) is -0.0417. The number of carbonyl (C=O) groups is 1. The van der Waals surface area contributed by atoms with Gasteiger partial charge in [0, 0.05) is 25.0 Å². The van der Waals surface area contributed by atoms with Crippen LogP contribution in [0.15, 0.2) is 30.6 Å². The van der Waals surface area contributed by atoms with Crippen LogP contribution < -0.4 is 5.32 Å². The third-order valence-electron chi connectivity index (χ3n) is 2.19. The molecule has 86 valence electrons. The third-order valence-corrected chi connectivity index (χ3v) is 2.19. The normalized spacial score (nSPS) is 10.6. The van der Waals surface area contributed by atoms with Gasteiger partial charge in [0.1, 0.15) is 0 Å². The van der Waals surface area contributed by atoms with Crippen LogP contribution in [0.4, 0.5) is 0 Å². The maximum absolute atomic E-state index is 11.4. The molecule has 1 rings (SSSR count). The molecule has 0 aliphatic heterocycles. The van der Waals surface area contributed by atoms with E-state index in [1.54, 1.807) is 24.5 Å². The molecular formula is C13H18N2O. The first-order valence-corrected chi connectivity index (χ1v) is 5.69. The lowest BCUT2D eigenvalue weighted by Crippen LogP contribution is -2.21. The molecule has 0 saturated heterocycles. The summed E-state index contributed by atoms with van der Waals surface area (Å²) in [5.41, 5.74) is 0.936. The minimum Gasteiger partial charge on any atom is -0.353 e. The number of aromatic nitrogens is 1. The lowest BCUT2D eigenvalue weighted by molar-refractivity contribution is -0.116. The predicted octanol–water partition coefficient (Wildman–Crippen LogP) is 2.40. The number of pyridine rings is 1. The van der Waals surface area contributed by atoms with E-state index in [1.165, 1.54) is 6.42 Å². The summed E-state index contributed by atoms with van der Waals surface area (Å²) < 4.78 is 0. The Bertz CT molecular complexity index is 333. The van der Waals surface area contributed by atoms with Crippen molar-refractivity contribution in [2.75, 3.05) is 6.54 Å². The van der Waals surface area contributed by atoms with E-state index < -0.39 is 0 Å². The van der Waals surface area contributed by atoms with Crippen LogP contribution in [-0.2, 0) is 4.79 Å². The molecule has 1 heterocycles. The highest BCUT2D eigenvalue weighted by atomic mass is 16.1. The Labute approximate surface area is 96.6 Å². The Morgan fingerprint density at radius 3 is 3.06 bits per heavy atom. The van der Waals surface area contributed by atoms with Crippen LogP contribution in [0.25, 0.3) is 6.08 Å². The zero-order valence-electron chi connectivity index (χ0n) is 9.65. The standard InChI is InChI=1S/C13H18N2O/c1-2-3-4-10-15-13(16)8-7-12-6-5-9-14-11-12/h5-9,11H,2-4,10H2,1H3,(H,15,16)/b8-7+. The summed E-state index contributed by atoms with van der Waals surface area (Å²) in [7, 11) is 0. The molecular weight excluding hydrogens is 200 g/mol. The Balaban J connectivity index is 2.26. The molecule has 16 heavy (non-hydrogen) atoms. The van der Waals surface area contributed by atoms with Crippen molar-refractivity contribution in [2.24, 2.45) is 0 Å². The van der Waals surface area contributed by atoms with Crippen LogP contribution in [-0.4, -0.2) is 17.4 Å². The molecule has 0 saturated carbocycles. The van der Waals surface area contributed by atoms with Crippen LogP contribution in [0.3, 0.4) is 0 Å². The predicted molar refractivity (Wildman–Crippen MR) is 65.8 cm³/mol. The number of nitrogens with one attached hydrogen (secondary N) is 1. The fraction of sp³-hybridized carbons (Fsp3) is 0.385. The summed E-state index contributed by atoms with van der Waals surface area (Å²) >= 11 is 0. The lowest BCUT2D eigenvalue weighted by Gasteiger charge is -2.00. The van der Waals surface area contributed by atoms with Crippen molar-refractivity contribution in [3.63, 3.8) is 0 Å². The van der Waals surface area contributed by atoms with E-state index in [0.29, 0.717) is 0 Å². The van der Waals surface area contributed by atoms with Gasteiger partial charge in [-0.3, -0.25) is 9.78 Å². The molecule has 1 aromatic heterocycles. The first kappa shape index (κ1) is 12.4. The van der Waals surface area contributed by atoms with Crippen molar-refractivity contribution in [2.45, 2.75) is 26.2 Å². The smallest absolute Gasteiger partial charge is 0.243 e. The summed E-state index contributed by atoms with van der Waals surface area (Å²) in [6.45, 7) is 2.90. The molecule has 0 atom stereocenters. The van der Waals surface area contributed by atoms with Crippen LogP contribution in [0.2, 0.25) is 0 Å². The summed E-state index contributed by atoms with van der Waals surface area (Å²) in [5, 5.41) is 2.84. The number of unbranched alkanes of at least 4 members (excludes halogenated alkanes) is 2. The topological polar surface area (TPSA) is 42.0 Å². The second-order valence-corrected chi connectivity index (χ2v) is 3.62. The molecule has 3 nitrogen and oxygen atoms in total. The molecule has 3 heteroatoms. The second-order valence-electron chi connectivity index (χ2n) is 3.62. The largest absolute Gasteiger partial charge is 0.353 e. The second kappa shape index (κ2) is 7.63. The summed E-state index contributed by atoms with van der Waals surface area (Å²) in [6, 6.07) is 3.76. The molecule has 0 aromatic carbocycles. The van der Waals surface area contributed by atoms with Gasteiger partial charge in [-0.25, -0.2) is 0 Å². The van der Waals surface area contributed by atoms with Gasteiger partial charge in [-0.2, -0.15) is 0 Å². The van der Waals surface area contributed by atoms with Gasteiger partial charge in [0.05, 0.1) is 0 Å². The SMILES string of the molecule is CCCCCNC(=O)/C=C/c1cccnc1. The zero-order valence-corrected chi connectivity index (χ0v) is 9.65. The van der Waals surface area contributed by atoms with E-state index in [0.717, 1.165) is 24.9 Å². The number of hydrogen-bond donors (Lipinski definition) is 1. The number of hydrogen-bond acceptors (Lipinski definition) is 2. The van der Waals surface area contributed by atoms with E-state index in [9.17, 15) is 4.79 Å². The highest BCUT2D eigenvalue weighted by molar-refractivity contribution is 5.91. The van der Waals surface area contributed by atoms with Gasteiger partial charge in [-0.1, -0.05) is 25.8 Å². The van der Waals surface area contributed by atoms with Gasteiger partial charge in [0.2, 0.25) is 5.91 Å². The van der Waals surface area contributed by atoms with Crippen molar-refractivity contribution in [3.8, 4) is 0 Å². The Morgan fingerprint density at radius 1 is 1.50 bits per heavy atom. The number of nitrogens with zero attached hydrogens (tertiary/aromatic N) is 1. The first-order valence-electron chi connectivity index (χ1n) is 5.69. The molecule has 0 aliphatic rings. The van der Waals surface area contributed by atoms with E-state index in [4.69, 9.17) is 0 Å². The average Bonchev–Trinajstić information content (AvgIpc) is 2.33. The Kier molecular flexibility index (Phi) is 5.92. The number of rotatable bonds is 6. The maximum Gasteiger partial charge on any atom is 0.243 e. The molecule has 0 fully saturated rings. The van der Waals surface area contributed by atoms with Crippen molar-refractivity contribution in [1.82, 2.24) is 10.3 Å². The minimum atomic E-state index is -0.0417.